The summed E-state index contributed by atoms with van der Waals surface area (Å²) in [6.07, 6.45) is -2.94. The molecular formula is C22H21F2N3O2S. The minimum atomic E-state index is -2.94. The van der Waals surface area contributed by atoms with Gasteiger partial charge in [-0.15, -0.1) is 11.3 Å². The van der Waals surface area contributed by atoms with E-state index in [0.717, 1.165) is 12.1 Å². The third-order valence-corrected chi connectivity index (χ3v) is 6.11. The minimum Gasteiger partial charge on any atom is -0.493 e. The Morgan fingerprint density at radius 3 is 2.53 bits per heavy atom. The molecule has 156 valence electrons. The summed E-state index contributed by atoms with van der Waals surface area (Å²) in [6.45, 7) is 3.01. The summed E-state index contributed by atoms with van der Waals surface area (Å²) in [6, 6.07) is 9.34. The molecule has 3 heterocycles. The summed E-state index contributed by atoms with van der Waals surface area (Å²) in [7, 11) is 4.02. The van der Waals surface area contributed by atoms with Crippen LogP contribution in [0.4, 0.5) is 8.78 Å². The van der Waals surface area contributed by atoms with E-state index in [0.29, 0.717) is 32.5 Å². The van der Waals surface area contributed by atoms with E-state index in [1.807, 2.05) is 38.4 Å². The van der Waals surface area contributed by atoms with Gasteiger partial charge in [-0.3, -0.25) is 4.79 Å². The molecule has 0 aliphatic carbocycles. The lowest BCUT2D eigenvalue weighted by Gasteiger charge is -2.18. The second kappa shape index (κ2) is 7.77. The van der Waals surface area contributed by atoms with Crippen molar-refractivity contribution in [3.05, 3.63) is 57.3 Å². The molecule has 5 nitrogen and oxygen atoms in total. The van der Waals surface area contributed by atoms with Crippen molar-refractivity contribution in [2.24, 2.45) is 0 Å². The van der Waals surface area contributed by atoms with Crippen LogP contribution in [0.3, 0.4) is 0 Å². The molecule has 0 saturated heterocycles. The Bertz CT molecular complexity index is 1280. The highest BCUT2D eigenvalue weighted by Gasteiger charge is 2.24. The lowest BCUT2D eigenvalue weighted by Crippen LogP contribution is -2.18. The molecule has 8 heteroatoms. The van der Waals surface area contributed by atoms with Crippen LogP contribution in [-0.2, 0) is 0 Å². The van der Waals surface area contributed by atoms with Crippen LogP contribution in [0.15, 0.2) is 40.5 Å². The van der Waals surface area contributed by atoms with Gasteiger partial charge in [-0.1, -0.05) is 31.2 Å². The molecule has 2 N–H and O–H groups in total. The van der Waals surface area contributed by atoms with Gasteiger partial charge in [0.2, 0.25) is 5.88 Å². The third kappa shape index (κ3) is 3.46. The van der Waals surface area contributed by atoms with E-state index in [1.165, 1.54) is 11.3 Å². The van der Waals surface area contributed by atoms with Crippen molar-refractivity contribution in [1.82, 2.24) is 14.9 Å². The first-order valence-corrected chi connectivity index (χ1v) is 10.3. The first-order chi connectivity index (χ1) is 14.3. The number of halogens is 2. The van der Waals surface area contributed by atoms with Crippen molar-refractivity contribution in [2.45, 2.75) is 19.3 Å². The molecule has 0 saturated carbocycles. The molecule has 1 unspecified atom stereocenters. The Hall–Kier alpha value is -2.84. The fraction of sp³-hybridized carbons (Fsp3) is 0.273. The van der Waals surface area contributed by atoms with Crippen molar-refractivity contribution >= 4 is 32.3 Å². The van der Waals surface area contributed by atoms with Crippen molar-refractivity contribution in [1.29, 1.82) is 0 Å². The molecule has 0 radical (unpaired) electrons. The van der Waals surface area contributed by atoms with Gasteiger partial charge in [-0.25, -0.2) is 13.8 Å². The van der Waals surface area contributed by atoms with Gasteiger partial charge < -0.3 is 15.0 Å². The Morgan fingerprint density at radius 2 is 1.90 bits per heavy atom. The summed E-state index contributed by atoms with van der Waals surface area (Å²) in [5, 5.41) is 13.3. The highest BCUT2D eigenvalue weighted by atomic mass is 32.1. The average Bonchev–Trinajstić information content (AvgIpc) is 3.18. The highest BCUT2D eigenvalue weighted by molar-refractivity contribution is 7.17. The van der Waals surface area contributed by atoms with E-state index in [-0.39, 0.29) is 5.52 Å². The molecule has 0 bridgehead atoms. The van der Waals surface area contributed by atoms with Crippen LogP contribution in [0.2, 0.25) is 0 Å². The number of thiophene rings is 1. The van der Waals surface area contributed by atoms with Crippen LogP contribution >= 0.6 is 11.3 Å². The molecule has 0 aliphatic heterocycles. The van der Waals surface area contributed by atoms with Crippen LogP contribution in [-0.4, -0.2) is 40.6 Å². The van der Waals surface area contributed by atoms with Crippen LogP contribution < -0.4 is 5.56 Å². The van der Waals surface area contributed by atoms with Crippen LogP contribution in [0, 0.1) is 0 Å². The topological polar surface area (TPSA) is 69.2 Å². The van der Waals surface area contributed by atoms with Crippen LogP contribution in [0.1, 0.15) is 30.5 Å². The van der Waals surface area contributed by atoms with Gasteiger partial charge >= 0.3 is 0 Å². The zero-order valence-electron chi connectivity index (χ0n) is 16.7. The molecule has 0 aliphatic rings. The highest BCUT2D eigenvalue weighted by Crippen LogP contribution is 2.41. The first kappa shape index (κ1) is 20.4. The Labute approximate surface area is 175 Å². The Balaban J connectivity index is 1.97. The number of nitrogens with zero attached hydrogens (tertiary/aromatic N) is 2. The molecule has 1 aromatic carbocycles. The fourth-order valence-corrected chi connectivity index (χ4v) is 4.70. The second-order valence-electron chi connectivity index (χ2n) is 7.65. The summed E-state index contributed by atoms with van der Waals surface area (Å²) in [5.41, 5.74) is 0.988. The lowest BCUT2D eigenvalue weighted by molar-refractivity contribution is 0.147. The van der Waals surface area contributed by atoms with Crippen LogP contribution in [0.25, 0.3) is 32.1 Å². The zero-order valence-corrected chi connectivity index (χ0v) is 17.6. The van der Waals surface area contributed by atoms with Crippen LogP contribution in [0.5, 0.6) is 5.88 Å². The van der Waals surface area contributed by atoms with Gasteiger partial charge in [0.25, 0.3) is 12.0 Å². The van der Waals surface area contributed by atoms with Crippen molar-refractivity contribution in [2.75, 3.05) is 20.6 Å². The van der Waals surface area contributed by atoms with Gasteiger partial charge in [-0.2, -0.15) is 0 Å². The number of likely N-dealkylation sites (N-methyl/N-ethyl adjacent to an activating group) is 1. The van der Waals surface area contributed by atoms with E-state index in [1.54, 1.807) is 11.4 Å². The summed E-state index contributed by atoms with van der Waals surface area (Å²) in [4.78, 5) is 20.8. The molecule has 1 atom stereocenters. The summed E-state index contributed by atoms with van der Waals surface area (Å²) < 4.78 is 27.7. The van der Waals surface area contributed by atoms with Crippen molar-refractivity contribution < 1.29 is 13.9 Å². The molecule has 4 rings (SSSR count). The van der Waals surface area contributed by atoms with Crippen molar-refractivity contribution in [3.63, 3.8) is 0 Å². The number of benzene rings is 1. The third-order valence-electron chi connectivity index (χ3n) is 5.20. The SMILES string of the molecule is CC(CN(C)C)c1ccc(-c2c(O)nc(C(F)F)c3[nH]c(=O)c4sccc4c23)cc1. The predicted octanol–water partition coefficient (Wildman–Crippen LogP) is 5.11. The standard InChI is InChI=1S/C22H21F2N3O2S/c1-11(10-27(2)3)12-4-6-13(7-5-12)15-16-14-8-9-30-19(14)22(29)25-17(16)18(20(23)24)26-21(15)28/h4-9,11,20H,10H2,1-3H3,(H,25,29)(H,26,28). The molecule has 30 heavy (non-hydrogen) atoms. The number of fused-ring (bicyclic) bond motifs is 3. The fourth-order valence-electron chi connectivity index (χ4n) is 3.90. The number of alkyl halides is 2. The number of rotatable bonds is 5. The number of aromatic nitrogens is 2. The predicted molar refractivity (Wildman–Crippen MR) is 117 cm³/mol. The molecule has 0 spiro atoms. The van der Waals surface area contributed by atoms with E-state index < -0.39 is 23.6 Å². The molecule has 3 aromatic heterocycles. The Kier molecular flexibility index (Phi) is 5.29. The van der Waals surface area contributed by atoms with Gasteiger partial charge in [-0.05, 0) is 42.6 Å². The number of aromatic amines is 1. The average molecular weight is 429 g/mol. The second-order valence-corrected chi connectivity index (χ2v) is 8.57. The molecule has 0 amide bonds. The largest absolute Gasteiger partial charge is 0.493 e. The summed E-state index contributed by atoms with van der Waals surface area (Å²) in [5.74, 6) is -0.176. The number of H-pyrrole nitrogens is 1. The normalized spacial score (nSPS) is 13.0. The number of hydrogen-bond acceptors (Lipinski definition) is 5. The van der Waals surface area contributed by atoms with Gasteiger partial charge in [0, 0.05) is 17.3 Å². The molecule has 4 aromatic rings. The number of hydrogen-bond donors (Lipinski definition) is 2. The van der Waals surface area contributed by atoms with Gasteiger partial charge in [0.15, 0.2) is 0 Å². The number of nitrogens with one attached hydrogen (secondary N) is 1. The van der Waals surface area contributed by atoms with E-state index in [9.17, 15) is 18.7 Å². The minimum absolute atomic E-state index is 0.0428. The first-order valence-electron chi connectivity index (χ1n) is 9.47. The number of aromatic hydroxyl groups is 1. The maximum atomic E-state index is 13.6. The molecular weight excluding hydrogens is 408 g/mol. The Morgan fingerprint density at radius 1 is 1.20 bits per heavy atom. The van der Waals surface area contributed by atoms with Gasteiger partial charge in [0.05, 0.1) is 11.1 Å². The summed E-state index contributed by atoms with van der Waals surface area (Å²) >= 11 is 1.23. The molecule has 0 fully saturated rings. The quantitative estimate of drug-likeness (QED) is 0.462. The maximum Gasteiger partial charge on any atom is 0.282 e. The van der Waals surface area contributed by atoms with E-state index in [2.05, 4.69) is 21.8 Å². The maximum absolute atomic E-state index is 13.6. The monoisotopic (exact) mass is 429 g/mol. The number of pyridine rings is 2. The zero-order chi connectivity index (χ0) is 21.6. The van der Waals surface area contributed by atoms with E-state index in [4.69, 9.17) is 0 Å². The smallest absolute Gasteiger partial charge is 0.282 e. The lowest BCUT2D eigenvalue weighted by atomic mass is 9.95. The van der Waals surface area contributed by atoms with E-state index >= 15 is 0 Å². The van der Waals surface area contributed by atoms with Gasteiger partial charge in [0.1, 0.15) is 10.4 Å². The van der Waals surface area contributed by atoms with Crippen molar-refractivity contribution in [3.8, 4) is 17.0 Å².